The molecule has 0 aromatic heterocycles. The van der Waals surface area contributed by atoms with Crippen molar-refractivity contribution in [3.05, 3.63) is 95.6 Å². The first-order chi connectivity index (χ1) is 17.0. The maximum atomic E-state index is 13.6. The standard InChI is InChI=1S/C29H30N2O4/c1-3-10-26(32)24-15-16-27-25(17-24)31(29(34)21(2)35-27)20-28(33)30(18-22-11-6-4-7-12-22)19-23-13-8-5-9-14-23/h4-9,11-17,21H,3,10,18-20H2,1-2H3. The minimum absolute atomic E-state index is 0.00225. The number of carbonyl (C=O) groups excluding carboxylic acids is 3. The second kappa shape index (κ2) is 11.0. The maximum Gasteiger partial charge on any atom is 0.268 e. The summed E-state index contributed by atoms with van der Waals surface area (Å²) < 4.78 is 5.77. The van der Waals surface area contributed by atoms with Crippen LogP contribution in [0.2, 0.25) is 0 Å². The van der Waals surface area contributed by atoms with Gasteiger partial charge in [0.15, 0.2) is 11.9 Å². The summed E-state index contributed by atoms with van der Waals surface area (Å²) in [6, 6.07) is 24.7. The molecule has 1 atom stereocenters. The number of benzene rings is 3. The molecule has 1 aliphatic heterocycles. The third-order valence-corrected chi connectivity index (χ3v) is 6.04. The van der Waals surface area contributed by atoms with Crippen molar-refractivity contribution in [2.45, 2.75) is 45.9 Å². The summed E-state index contributed by atoms with van der Waals surface area (Å²) >= 11 is 0. The Bertz CT molecular complexity index is 1150. The van der Waals surface area contributed by atoms with Crippen LogP contribution in [0.1, 0.15) is 48.2 Å². The second-order valence-electron chi connectivity index (χ2n) is 8.76. The SMILES string of the molecule is CCCC(=O)c1ccc2c(c1)N(CC(=O)N(Cc1ccccc1)Cc1ccccc1)C(=O)C(C)O2. The normalized spacial score (nSPS) is 14.7. The van der Waals surface area contributed by atoms with Gasteiger partial charge in [-0.3, -0.25) is 19.3 Å². The van der Waals surface area contributed by atoms with Gasteiger partial charge in [0, 0.05) is 25.1 Å². The highest BCUT2D eigenvalue weighted by Gasteiger charge is 2.34. The van der Waals surface area contributed by atoms with Gasteiger partial charge in [0.05, 0.1) is 5.69 Å². The van der Waals surface area contributed by atoms with Gasteiger partial charge in [-0.05, 0) is 42.7 Å². The number of nitrogens with zero attached hydrogens (tertiary/aromatic N) is 2. The van der Waals surface area contributed by atoms with Gasteiger partial charge in [-0.2, -0.15) is 0 Å². The molecule has 0 fully saturated rings. The molecular weight excluding hydrogens is 440 g/mol. The number of fused-ring (bicyclic) bond motifs is 1. The predicted molar refractivity (Wildman–Crippen MR) is 135 cm³/mol. The third kappa shape index (κ3) is 5.77. The number of amides is 2. The smallest absolute Gasteiger partial charge is 0.268 e. The van der Waals surface area contributed by atoms with E-state index in [1.165, 1.54) is 4.90 Å². The number of rotatable bonds is 9. The Kier molecular flexibility index (Phi) is 7.60. The Morgan fingerprint density at radius 2 is 1.51 bits per heavy atom. The zero-order chi connectivity index (χ0) is 24.8. The van der Waals surface area contributed by atoms with Crippen LogP contribution in [0.25, 0.3) is 0 Å². The lowest BCUT2D eigenvalue weighted by molar-refractivity contribution is -0.134. The van der Waals surface area contributed by atoms with Gasteiger partial charge in [-0.1, -0.05) is 67.6 Å². The zero-order valence-electron chi connectivity index (χ0n) is 20.1. The summed E-state index contributed by atoms with van der Waals surface area (Å²) in [4.78, 5) is 42.5. The van der Waals surface area contributed by atoms with Gasteiger partial charge in [0.2, 0.25) is 5.91 Å². The van der Waals surface area contributed by atoms with E-state index in [2.05, 4.69) is 0 Å². The van der Waals surface area contributed by atoms with Crippen LogP contribution in [0.15, 0.2) is 78.9 Å². The quantitative estimate of drug-likeness (QED) is 0.412. The number of anilines is 1. The van der Waals surface area contributed by atoms with Crippen molar-refractivity contribution in [2.24, 2.45) is 0 Å². The number of ether oxygens (including phenoxy) is 1. The highest BCUT2D eigenvalue weighted by molar-refractivity contribution is 6.05. The summed E-state index contributed by atoms with van der Waals surface area (Å²) in [7, 11) is 0. The van der Waals surface area contributed by atoms with Crippen LogP contribution in [0, 0.1) is 0 Å². The van der Waals surface area contributed by atoms with Gasteiger partial charge < -0.3 is 9.64 Å². The van der Waals surface area contributed by atoms with Crippen LogP contribution in [0.5, 0.6) is 5.75 Å². The second-order valence-corrected chi connectivity index (χ2v) is 8.76. The minimum Gasteiger partial charge on any atom is -0.479 e. The Labute approximate surface area is 206 Å². The molecule has 2 amide bonds. The summed E-state index contributed by atoms with van der Waals surface area (Å²) in [5.41, 5.74) is 2.99. The van der Waals surface area contributed by atoms with Crippen LogP contribution < -0.4 is 9.64 Å². The number of hydrogen-bond donors (Lipinski definition) is 0. The van der Waals surface area contributed by atoms with Crippen LogP contribution in [-0.4, -0.2) is 35.1 Å². The van der Waals surface area contributed by atoms with Gasteiger partial charge in [-0.25, -0.2) is 0 Å². The fraction of sp³-hybridized carbons (Fsp3) is 0.276. The fourth-order valence-corrected chi connectivity index (χ4v) is 4.19. The van der Waals surface area contributed by atoms with Gasteiger partial charge in [0.1, 0.15) is 12.3 Å². The topological polar surface area (TPSA) is 66.9 Å². The number of Topliss-reactive ketones (excluding diaryl/α,β-unsaturated/α-hetero) is 1. The summed E-state index contributed by atoms with van der Waals surface area (Å²) in [6.07, 6.45) is 0.438. The van der Waals surface area contributed by atoms with Crippen LogP contribution >= 0.6 is 0 Å². The molecule has 35 heavy (non-hydrogen) atoms. The molecule has 0 N–H and O–H groups in total. The van der Waals surface area contributed by atoms with Crippen molar-refractivity contribution in [3.63, 3.8) is 0 Å². The molecule has 3 aromatic rings. The van der Waals surface area contributed by atoms with Gasteiger partial charge in [0.25, 0.3) is 5.91 Å². The molecule has 3 aromatic carbocycles. The fourth-order valence-electron chi connectivity index (χ4n) is 4.19. The first-order valence-electron chi connectivity index (χ1n) is 12.0. The Morgan fingerprint density at radius 3 is 2.09 bits per heavy atom. The van der Waals surface area contributed by atoms with Crippen LogP contribution in [0.4, 0.5) is 5.69 Å². The Balaban J connectivity index is 1.62. The highest BCUT2D eigenvalue weighted by atomic mass is 16.5. The van der Waals surface area contributed by atoms with Crippen molar-refractivity contribution >= 4 is 23.3 Å². The van der Waals surface area contributed by atoms with E-state index in [1.807, 2.05) is 67.6 Å². The summed E-state index contributed by atoms with van der Waals surface area (Å²) in [5.74, 6) is 0.0137. The molecule has 6 nitrogen and oxygen atoms in total. The molecule has 0 saturated heterocycles. The van der Waals surface area contributed by atoms with Crippen molar-refractivity contribution < 1.29 is 19.1 Å². The van der Waals surface area contributed by atoms with E-state index in [-0.39, 0.29) is 24.1 Å². The van der Waals surface area contributed by atoms with Crippen molar-refractivity contribution in [1.82, 2.24) is 4.90 Å². The molecule has 1 aliphatic rings. The van der Waals surface area contributed by atoms with E-state index in [9.17, 15) is 14.4 Å². The van der Waals surface area contributed by atoms with E-state index in [1.54, 1.807) is 30.0 Å². The summed E-state index contributed by atoms with van der Waals surface area (Å²) in [5, 5.41) is 0. The lowest BCUT2D eigenvalue weighted by Gasteiger charge is -2.34. The van der Waals surface area contributed by atoms with Crippen LogP contribution in [0.3, 0.4) is 0 Å². The van der Waals surface area contributed by atoms with Crippen molar-refractivity contribution in [2.75, 3.05) is 11.4 Å². The first-order valence-corrected chi connectivity index (χ1v) is 12.0. The lowest BCUT2D eigenvalue weighted by atomic mass is 10.0. The van der Waals surface area contributed by atoms with E-state index in [0.717, 1.165) is 17.5 Å². The molecule has 1 heterocycles. The zero-order valence-corrected chi connectivity index (χ0v) is 20.1. The van der Waals surface area contributed by atoms with Crippen molar-refractivity contribution in [1.29, 1.82) is 0 Å². The van der Waals surface area contributed by atoms with E-state index in [4.69, 9.17) is 4.74 Å². The first kappa shape index (κ1) is 24.2. The average molecular weight is 471 g/mol. The molecule has 1 unspecified atom stereocenters. The Hall–Kier alpha value is -3.93. The number of ketones is 1. The van der Waals surface area contributed by atoms with E-state index < -0.39 is 6.10 Å². The lowest BCUT2D eigenvalue weighted by Crippen LogP contribution is -2.49. The molecule has 0 spiro atoms. The third-order valence-electron chi connectivity index (χ3n) is 6.04. The molecule has 0 radical (unpaired) electrons. The monoisotopic (exact) mass is 470 g/mol. The summed E-state index contributed by atoms with van der Waals surface area (Å²) in [6.45, 7) is 4.33. The Morgan fingerprint density at radius 1 is 0.914 bits per heavy atom. The molecule has 4 rings (SSSR count). The molecule has 0 aliphatic carbocycles. The molecule has 0 bridgehead atoms. The highest BCUT2D eigenvalue weighted by Crippen LogP contribution is 2.35. The molecule has 6 heteroatoms. The maximum absolute atomic E-state index is 13.6. The van der Waals surface area contributed by atoms with Gasteiger partial charge in [-0.15, -0.1) is 0 Å². The molecular formula is C29H30N2O4. The van der Waals surface area contributed by atoms with E-state index in [0.29, 0.717) is 36.5 Å². The minimum atomic E-state index is -0.718. The number of carbonyl (C=O) groups is 3. The molecule has 180 valence electrons. The van der Waals surface area contributed by atoms with Crippen molar-refractivity contribution in [3.8, 4) is 5.75 Å². The average Bonchev–Trinajstić information content (AvgIpc) is 2.87. The number of hydrogen-bond acceptors (Lipinski definition) is 4. The van der Waals surface area contributed by atoms with E-state index >= 15 is 0 Å². The molecule has 0 saturated carbocycles. The largest absolute Gasteiger partial charge is 0.479 e. The van der Waals surface area contributed by atoms with Gasteiger partial charge >= 0.3 is 0 Å². The van der Waals surface area contributed by atoms with Crippen LogP contribution in [-0.2, 0) is 22.7 Å². The predicted octanol–water partition coefficient (Wildman–Crippen LogP) is 5.01.